The first-order valence-corrected chi connectivity index (χ1v) is 11.9. The summed E-state index contributed by atoms with van der Waals surface area (Å²) in [6.45, 7) is 5.82. The van der Waals surface area contributed by atoms with Crippen LogP contribution in [0.25, 0.3) is 5.84 Å². The molecule has 3 rings (SSSR count). The lowest BCUT2D eigenvalue weighted by Gasteiger charge is -2.49. The van der Waals surface area contributed by atoms with Crippen molar-refractivity contribution in [1.82, 2.24) is 5.32 Å². The van der Waals surface area contributed by atoms with Gasteiger partial charge in [-0.05, 0) is 30.3 Å². The van der Waals surface area contributed by atoms with Crippen molar-refractivity contribution in [3.05, 3.63) is 18.6 Å². The predicted octanol–water partition coefficient (Wildman–Crippen LogP) is -6.55. The van der Waals surface area contributed by atoms with Crippen molar-refractivity contribution in [3.63, 3.8) is 0 Å². The molecule has 0 aromatic rings. The lowest BCUT2D eigenvalue weighted by Crippen LogP contribution is -3.08. The van der Waals surface area contributed by atoms with Crippen molar-refractivity contribution in [1.29, 1.82) is 0 Å². The van der Waals surface area contributed by atoms with Gasteiger partial charge in [-0.3, -0.25) is 5.32 Å². The molecule has 3 fully saturated rings. The fourth-order valence-corrected chi connectivity index (χ4v) is 6.59. The molecule has 33 heavy (non-hydrogen) atoms. The van der Waals surface area contributed by atoms with Crippen LogP contribution in [0.3, 0.4) is 0 Å². The van der Waals surface area contributed by atoms with Gasteiger partial charge in [0, 0.05) is 72.9 Å². The van der Waals surface area contributed by atoms with Crippen LogP contribution in [-0.4, -0.2) is 72.6 Å². The largest absolute Gasteiger partial charge is 0.463 e. The van der Waals surface area contributed by atoms with Gasteiger partial charge >= 0.3 is 0 Å². The van der Waals surface area contributed by atoms with E-state index in [0.717, 1.165) is 0 Å². The molecule has 0 aromatic heterocycles. The Morgan fingerprint density at radius 3 is 1.73 bits per heavy atom. The van der Waals surface area contributed by atoms with Crippen molar-refractivity contribution < 1.29 is 5.01 Å². The molecule has 0 amide bonds. The average molecular weight is 470 g/mol. The predicted molar refractivity (Wildman–Crippen MR) is 130 cm³/mol. The molecule has 0 saturated heterocycles. The van der Waals surface area contributed by atoms with E-state index in [9.17, 15) is 0 Å². The fraction of sp³-hybridized carbons (Fsp3) is 0.900. The monoisotopic (exact) mass is 469 g/mol. The molecule has 17 atom stereocenters. The molecule has 13 heteroatoms. The second-order valence-corrected chi connectivity index (χ2v) is 10.6. The van der Waals surface area contributed by atoms with Gasteiger partial charge in [0.05, 0.1) is 6.20 Å². The summed E-state index contributed by atoms with van der Waals surface area (Å²) in [6, 6.07) is -4.42. The highest BCUT2D eigenvalue weighted by Crippen LogP contribution is 2.40. The quantitative estimate of drug-likeness (QED) is 0.128. The fourth-order valence-electron chi connectivity index (χ4n) is 6.59. The van der Waals surface area contributed by atoms with E-state index >= 15 is 0 Å². The first kappa shape index (κ1) is 26.8. The Morgan fingerprint density at radius 1 is 0.727 bits per heavy atom. The van der Waals surface area contributed by atoms with E-state index in [-0.39, 0.29) is 47.8 Å². The normalized spacial score (nSPS) is 54.5. The van der Waals surface area contributed by atoms with Gasteiger partial charge < -0.3 is 68.2 Å². The van der Waals surface area contributed by atoms with Gasteiger partial charge in [0.15, 0.2) is 0 Å². The van der Waals surface area contributed by atoms with Crippen molar-refractivity contribution in [2.75, 3.05) is 0 Å². The van der Waals surface area contributed by atoms with Gasteiger partial charge in [-0.25, -0.2) is 0 Å². The van der Waals surface area contributed by atoms with E-state index < -0.39 is 48.5 Å². The summed E-state index contributed by atoms with van der Waals surface area (Å²) >= 11 is 0. The molecule has 192 valence electrons. The summed E-state index contributed by atoms with van der Waals surface area (Å²) in [7, 11) is 0. The molecular formula is C20H47N13. The Kier molecular flexibility index (Phi) is 8.18. The zero-order valence-electron chi connectivity index (χ0n) is 19.5. The molecule has 0 radical (unpaired) electrons. The molecule has 0 aromatic carbocycles. The highest BCUT2D eigenvalue weighted by atomic mass is 15.5. The molecule has 23 N–H and O–H groups in total. The van der Waals surface area contributed by atoms with E-state index in [2.05, 4.69) is 11.9 Å². The molecule has 3 aliphatic carbocycles. The van der Waals surface area contributed by atoms with Crippen molar-refractivity contribution in [3.8, 4) is 0 Å². The number of fused-ring (bicyclic) bond motifs is 1. The third-order valence-electron chi connectivity index (χ3n) is 8.99. The number of rotatable bonds is 6. The van der Waals surface area contributed by atoms with Gasteiger partial charge in [0.1, 0.15) is 6.17 Å². The number of quaternary nitrogens is 1. The molecule has 3 aliphatic rings. The Balaban J connectivity index is 1.86. The van der Waals surface area contributed by atoms with E-state index in [1.807, 2.05) is 6.92 Å². The van der Waals surface area contributed by atoms with E-state index in [1.54, 1.807) is 0 Å². The summed E-state index contributed by atoms with van der Waals surface area (Å²) in [4.78, 5) is 0. The first-order chi connectivity index (χ1) is 15.3. The number of nitrogens with two attached hydrogens (primary N) is 10. The topological polar surface area (TPSA) is 300 Å². The molecular weight excluding hydrogens is 422 g/mol. The Hall–Kier alpha value is -0.780. The third kappa shape index (κ3) is 4.47. The average Bonchev–Trinajstić information content (AvgIpc) is 3.05. The van der Waals surface area contributed by atoms with E-state index in [1.165, 1.54) is 6.20 Å². The number of hydrogen-bond acceptors (Lipinski definition) is 11. The van der Waals surface area contributed by atoms with E-state index in [4.69, 9.17) is 63.2 Å². The van der Waals surface area contributed by atoms with Crippen LogP contribution in [0, 0.1) is 23.7 Å². The zero-order chi connectivity index (χ0) is 24.9. The molecule has 3 saturated carbocycles. The van der Waals surface area contributed by atoms with Crippen LogP contribution in [0.15, 0.2) is 12.8 Å². The molecule has 17 unspecified atom stereocenters. The van der Waals surface area contributed by atoms with Crippen LogP contribution in [0.4, 0.5) is 0 Å². The number of hydrogen-bond donors (Lipinski definition) is 12. The maximum Gasteiger partial charge on any atom is 0.137 e. The van der Waals surface area contributed by atoms with Gasteiger partial charge in [0.25, 0.3) is 0 Å². The van der Waals surface area contributed by atoms with Crippen LogP contribution < -0.4 is 67.7 Å². The van der Waals surface area contributed by atoms with Crippen molar-refractivity contribution >= 4 is 0 Å². The standard InChI is InChI=1S/C20H47N13/c1-3-33(31)7(4-6-5(2)10(21)15(26)16(27)11(6)22)32-20-9-8(13(24)19(20)30)12(23)17(28)18(29)14(9)25/h3,5-20,31-33H,1,4,21-30H2,2H3. The molecule has 0 spiro atoms. The van der Waals surface area contributed by atoms with E-state index in [0.29, 0.717) is 11.4 Å². The van der Waals surface area contributed by atoms with Crippen LogP contribution >= 0.6 is 0 Å². The Labute approximate surface area is 196 Å². The minimum absolute atomic E-state index is 0.0146. The zero-order valence-corrected chi connectivity index (χ0v) is 19.5. The highest BCUT2D eigenvalue weighted by Gasteiger charge is 2.58. The second kappa shape index (κ2) is 10.1. The summed E-state index contributed by atoms with van der Waals surface area (Å²) in [5.74, 6) is 8.16. The highest BCUT2D eigenvalue weighted by molar-refractivity contribution is 5.19. The van der Waals surface area contributed by atoms with Gasteiger partial charge in [-0.2, -0.15) is 0 Å². The minimum Gasteiger partial charge on any atom is -0.463 e. The summed E-state index contributed by atoms with van der Waals surface area (Å²) in [5, 5.41) is 3.87. The van der Waals surface area contributed by atoms with Gasteiger partial charge in [-0.1, -0.05) is 6.92 Å². The van der Waals surface area contributed by atoms with Crippen molar-refractivity contribution in [2.24, 2.45) is 81.0 Å². The van der Waals surface area contributed by atoms with Gasteiger partial charge in [0.2, 0.25) is 0 Å². The lowest BCUT2D eigenvalue weighted by molar-refractivity contribution is -0.827. The number of nitrogens with one attached hydrogen (secondary N) is 3. The SMILES string of the molecule is C=C[NH+]([NH-])C(CC1C(C)C(N)C(N)C(N)C1N)NC1C(N)C(N)C2C(N)C(N)C(N)C(N)C12. The van der Waals surface area contributed by atoms with Crippen LogP contribution in [-0.2, 0) is 0 Å². The maximum atomic E-state index is 8.58. The molecule has 0 aliphatic heterocycles. The second-order valence-electron chi connectivity index (χ2n) is 10.6. The molecule has 13 nitrogen and oxygen atoms in total. The van der Waals surface area contributed by atoms with Crippen LogP contribution in [0.1, 0.15) is 13.3 Å². The summed E-state index contributed by atoms with van der Waals surface area (Å²) in [6.07, 6.45) is 1.62. The summed E-state index contributed by atoms with van der Waals surface area (Å²) < 4.78 is 0. The first-order valence-electron chi connectivity index (χ1n) is 11.9. The minimum atomic E-state index is -0.482. The third-order valence-corrected chi connectivity index (χ3v) is 8.99. The van der Waals surface area contributed by atoms with Crippen molar-refractivity contribution in [2.45, 2.75) is 86.0 Å². The van der Waals surface area contributed by atoms with Crippen LogP contribution in [0.2, 0.25) is 0 Å². The smallest absolute Gasteiger partial charge is 0.137 e. The van der Waals surface area contributed by atoms with Crippen LogP contribution in [0.5, 0.6) is 0 Å². The van der Waals surface area contributed by atoms with Gasteiger partial charge in [-0.15, -0.1) is 0 Å². The Morgan fingerprint density at radius 2 is 1.18 bits per heavy atom. The molecule has 0 heterocycles. The Bertz CT molecular complexity index is 664. The lowest BCUT2D eigenvalue weighted by atomic mass is 9.67. The molecule has 0 bridgehead atoms. The summed E-state index contributed by atoms with van der Waals surface area (Å²) in [5.41, 5.74) is 64.0. The maximum absolute atomic E-state index is 8.58.